The molecule has 2 aliphatic heterocycles. The van der Waals surface area contributed by atoms with Crippen LogP contribution in [-0.4, -0.2) is 53.5 Å². The van der Waals surface area contributed by atoms with E-state index in [1.54, 1.807) is 11.8 Å². The lowest BCUT2D eigenvalue weighted by Crippen LogP contribution is -2.29. The van der Waals surface area contributed by atoms with Crippen molar-refractivity contribution >= 4 is 35.2 Å². The molecule has 0 aliphatic carbocycles. The SMILES string of the molecule is O=C(NCCCN1CCCC1)c1ccc([C@@H]2SCC(=O)N2Cc2ccc(Cl)cc2)cc1. The van der Waals surface area contributed by atoms with E-state index in [1.807, 2.05) is 53.4 Å². The molecule has 2 fully saturated rings. The Hall–Kier alpha value is -2.02. The first-order valence-electron chi connectivity index (χ1n) is 10.9. The van der Waals surface area contributed by atoms with Gasteiger partial charge in [-0.1, -0.05) is 35.9 Å². The molecule has 0 bridgehead atoms. The number of nitrogens with zero attached hydrogens (tertiary/aromatic N) is 2. The Morgan fingerprint density at radius 2 is 1.77 bits per heavy atom. The normalized spacial score (nSPS) is 19.2. The first-order valence-corrected chi connectivity index (χ1v) is 12.3. The van der Waals surface area contributed by atoms with Crippen LogP contribution in [0.4, 0.5) is 0 Å². The zero-order valence-electron chi connectivity index (χ0n) is 17.6. The molecule has 0 spiro atoms. The highest BCUT2D eigenvalue weighted by Gasteiger charge is 2.32. The zero-order valence-corrected chi connectivity index (χ0v) is 19.1. The Balaban J connectivity index is 1.32. The van der Waals surface area contributed by atoms with Crippen LogP contribution in [0.15, 0.2) is 48.5 Å². The van der Waals surface area contributed by atoms with E-state index in [-0.39, 0.29) is 17.2 Å². The molecule has 1 N–H and O–H groups in total. The number of likely N-dealkylation sites (tertiary alicyclic amines) is 1. The smallest absolute Gasteiger partial charge is 0.251 e. The molecule has 31 heavy (non-hydrogen) atoms. The predicted molar refractivity (Wildman–Crippen MR) is 126 cm³/mol. The molecule has 2 aromatic rings. The van der Waals surface area contributed by atoms with Gasteiger partial charge in [-0.15, -0.1) is 11.8 Å². The Morgan fingerprint density at radius 3 is 2.48 bits per heavy atom. The minimum atomic E-state index is -0.0410. The second-order valence-electron chi connectivity index (χ2n) is 8.09. The van der Waals surface area contributed by atoms with Crippen LogP contribution in [0.3, 0.4) is 0 Å². The molecule has 164 valence electrons. The van der Waals surface area contributed by atoms with E-state index in [4.69, 9.17) is 11.6 Å². The number of thioether (sulfide) groups is 1. The number of rotatable bonds is 8. The van der Waals surface area contributed by atoms with Gasteiger partial charge in [-0.2, -0.15) is 0 Å². The number of halogens is 1. The van der Waals surface area contributed by atoms with E-state index in [0.29, 0.717) is 29.4 Å². The summed E-state index contributed by atoms with van der Waals surface area (Å²) in [6.07, 6.45) is 3.56. The Labute approximate surface area is 193 Å². The lowest BCUT2D eigenvalue weighted by Gasteiger charge is -2.24. The molecule has 2 amide bonds. The predicted octanol–water partition coefficient (Wildman–Crippen LogP) is 4.33. The number of carbonyl (C=O) groups excluding carboxylic acids is 2. The monoisotopic (exact) mass is 457 g/mol. The van der Waals surface area contributed by atoms with Crippen LogP contribution in [0, 0.1) is 0 Å². The fourth-order valence-corrected chi connectivity index (χ4v) is 5.41. The number of amides is 2. The number of nitrogens with one attached hydrogen (secondary N) is 1. The third kappa shape index (κ3) is 5.82. The molecule has 0 unspecified atom stereocenters. The highest BCUT2D eigenvalue weighted by atomic mass is 35.5. The van der Waals surface area contributed by atoms with Crippen LogP contribution in [0.25, 0.3) is 0 Å². The van der Waals surface area contributed by atoms with Gasteiger partial charge in [0.2, 0.25) is 5.91 Å². The maximum Gasteiger partial charge on any atom is 0.251 e. The van der Waals surface area contributed by atoms with E-state index < -0.39 is 0 Å². The number of hydrogen-bond donors (Lipinski definition) is 1. The Kier molecular flexibility index (Phi) is 7.54. The van der Waals surface area contributed by atoms with Crippen molar-refractivity contribution in [2.45, 2.75) is 31.2 Å². The average Bonchev–Trinajstić information content (AvgIpc) is 3.43. The average molecular weight is 458 g/mol. The summed E-state index contributed by atoms with van der Waals surface area (Å²) in [5.74, 6) is 0.559. The van der Waals surface area contributed by atoms with E-state index in [0.717, 1.165) is 24.1 Å². The lowest BCUT2D eigenvalue weighted by atomic mass is 10.1. The lowest BCUT2D eigenvalue weighted by molar-refractivity contribution is -0.128. The fraction of sp³-hybridized carbons (Fsp3) is 0.417. The third-order valence-corrected chi connectivity index (χ3v) is 7.34. The molecule has 2 saturated heterocycles. The Bertz CT molecular complexity index is 898. The summed E-state index contributed by atoms with van der Waals surface area (Å²) < 4.78 is 0. The fourth-order valence-electron chi connectivity index (χ4n) is 4.10. The summed E-state index contributed by atoms with van der Waals surface area (Å²) in [5, 5.41) is 3.67. The quantitative estimate of drug-likeness (QED) is 0.599. The summed E-state index contributed by atoms with van der Waals surface area (Å²) in [7, 11) is 0. The molecular formula is C24H28ClN3O2S. The van der Waals surface area contributed by atoms with Gasteiger partial charge in [-0.25, -0.2) is 0 Å². The molecule has 5 nitrogen and oxygen atoms in total. The second-order valence-corrected chi connectivity index (χ2v) is 9.60. The zero-order chi connectivity index (χ0) is 21.6. The van der Waals surface area contributed by atoms with Crippen molar-refractivity contribution in [3.05, 3.63) is 70.2 Å². The largest absolute Gasteiger partial charge is 0.352 e. The van der Waals surface area contributed by atoms with Gasteiger partial charge >= 0.3 is 0 Å². The van der Waals surface area contributed by atoms with E-state index in [2.05, 4.69) is 10.2 Å². The molecule has 4 rings (SSSR count). The standard InChI is InChI=1S/C24H28ClN3O2S/c25-21-10-4-18(5-11-21)16-28-22(29)17-31-24(28)20-8-6-19(7-9-20)23(30)26-12-3-15-27-13-1-2-14-27/h4-11,24H,1-3,12-17H2,(H,26,30)/t24-/m0/s1. The van der Waals surface area contributed by atoms with Gasteiger partial charge in [0, 0.05) is 23.7 Å². The molecule has 2 aromatic carbocycles. The Morgan fingerprint density at radius 1 is 1.06 bits per heavy atom. The van der Waals surface area contributed by atoms with Crippen LogP contribution in [-0.2, 0) is 11.3 Å². The molecule has 1 atom stereocenters. The first kappa shape index (κ1) is 22.2. The molecule has 7 heteroatoms. The molecule has 0 aromatic heterocycles. The second kappa shape index (κ2) is 10.5. The maximum atomic E-state index is 12.5. The minimum Gasteiger partial charge on any atom is -0.352 e. The maximum absolute atomic E-state index is 12.5. The van der Waals surface area contributed by atoms with Crippen LogP contribution in [0.2, 0.25) is 5.02 Å². The number of benzene rings is 2. The molecule has 2 heterocycles. The number of carbonyl (C=O) groups is 2. The van der Waals surface area contributed by atoms with Gasteiger partial charge in [0.15, 0.2) is 0 Å². The minimum absolute atomic E-state index is 0.0406. The topological polar surface area (TPSA) is 52.7 Å². The van der Waals surface area contributed by atoms with Gasteiger partial charge in [0.25, 0.3) is 5.91 Å². The van der Waals surface area contributed by atoms with Crippen LogP contribution in [0.1, 0.15) is 46.1 Å². The van der Waals surface area contributed by atoms with Crippen LogP contribution >= 0.6 is 23.4 Å². The summed E-state index contributed by atoms with van der Waals surface area (Å²) in [6, 6.07) is 15.2. The summed E-state index contributed by atoms with van der Waals surface area (Å²) in [5.41, 5.74) is 2.74. The molecule has 0 radical (unpaired) electrons. The van der Waals surface area contributed by atoms with Gasteiger partial charge < -0.3 is 15.1 Å². The van der Waals surface area contributed by atoms with Crippen molar-refractivity contribution in [1.29, 1.82) is 0 Å². The van der Waals surface area contributed by atoms with Crippen LogP contribution < -0.4 is 5.32 Å². The van der Waals surface area contributed by atoms with Crippen LogP contribution in [0.5, 0.6) is 0 Å². The summed E-state index contributed by atoms with van der Waals surface area (Å²) in [4.78, 5) is 29.3. The third-order valence-electron chi connectivity index (χ3n) is 5.83. The van der Waals surface area contributed by atoms with E-state index in [1.165, 1.54) is 25.9 Å². The highest BCUT2D eigenvalue weighted by Crippen LogP contribution is 2.39. The van der Waals surface area contributed by atoms with Crippen molar-refractivity contribution in [1.82, 2.24) is 15.1 Å². The van der Waals surface area contributed by atoms with Crippen molar-refractivity contribution in [2.75, 3.05) is 31.9 Å². The molecular weight excluding hydrogens is 430 g/mol. The van der Waals surface area contributed by atoms with Gasteiger partial charge in [0.1, 0.15) is 5.37 Å². The van der Waals surface area contributed by atoms with E-state index >= 15 is 0 Å². The van der Waals surface area contributed by atoms with Crippen molar-refractivity contribution in [2.24, 2.45) is 0 Å². The van der Waals surface area contributed by atoms with Crippen molar-refractivity contribution in [3.8, 4) is 0 Å². The summed E-state index contributed by atoms with van der Waals surface area (Å²) in [6.45, 7) is 4.67. The first-order chi connectivity index (χ1) is 15.1. The highest BCUT2D eigenvalue weighted by molar-refractivity contribution is 8.00. The van der Waals surface area contributed by atoms with Crippen molar-refractivity contribution < 1.29 is 9.59 Å². The number of hydrogen-bond acceptors (Lipinski definition) is 4. The van der Waals surface area contributed by atoms with Gasteiger partial charge in [-0.05, 0) is 74.3 Å². The van der Waals surface area contributed by atoms with Gasteiger partial charge in [-0.3, -0.25) is 9.59 Å². The molecule has 0 saturated carbocycles. The van der Waals surface area contributed by atoms with Gasteiger partial charge in [0.05, 0.1) is 5.75 Å². The molecule has 2 aliphatic rings. The summed E-state index contributed by atoms with van der Waals surface area (Å²) >= 11 is 7.59. The van der Waals surface area contributed by atoms with Crippen molar-refractivity contribution in [3.63, 3.8) is 0 Å². The van der Waals surface area contributed by atoms with E-state index in [9.17, 15) is 9.59 Å².